The second-order valence-corrected chi connectivity index (χ2v) is 6.13. The molecular weight excluding hydrogens is 306 g/mol. The van der Waals surface area contributed by atoms with Crippen LogP contribution in [0.25, 0.3) is 4.96 Å². The summed E-state index contributed by atoms with van der Waals surface area (Å²) in [4.78, 5) is 13.9. The number of rotatable bonds is 5. The fourth-order valence-corrected chi connectivity index (χ4v) is 3.58. The lowest BCUT2D eigenvalue weighted by atomic mass is 10.4. The molecule has 0 radical (unpaired) electrons. The minimum absolute atomic E-state index is 0.360. The number of imidazole rings is 1. The van der Waals surface area contributed by atoms with Gasteiger partial charge >= 0.3 is 0 Å². The van der Waals surface area contributed by atoms with Crippen molar-refractivity contribution in [3.05, 3.63) is 23.3 Å². The van der Waals surface area contributed by atoms with E-state index >= 15 is 0 Å². The molecule has 0 aliphatic rings. The molecule has 0 aromatic carbocycles. The van der Waals surface area contributed by atoms with Gasteiger partial charge in [-0.3, -0.25) is 4.40 Å². The number of fused-ring (bicyclic) bond motifs is 1. The fraction of sp³-hybridized carbons (Fsp3) is 0.250. The molecular formula is C12H15N7S2. The molecule has 3 aromatic heterocycles. The Balaban J connectivity index is 1.96. The highest BCUT2D eigenvalue weighted by atomic mass is 32.2. The third kappa shape index (κ3) is 2.94. The van der Waals surface area contributed by atoms with Gasteiger partial charge in [-0.1, -0.05) is 6.92 Å². The molecule has 3 heterocycles. The molecule has 110 valence electrons. The van der Waals surface area contributed by atoms with Gasteiger partial charge in [0, 0.05) is 24.2 Å². The SMILES string of the molecule is CCNCc1c(Sc2nc(N)cc(N)n2)nc2sccn12. The van der Waals surface area contributed by atoms with Crippen molar-refractivity contribution in [2.45, 2.75) is 23.7 Å². The van der Waals surface area contributed by atoms with Gasteiger partial charge in [0.05, 0.1) is 5.69 Å². The van der Waals surface area contributed by atoms with Crippen LogP contribution >= 0.6 is 23.1 Å². The topological polar surface area (TPSA) is 107 Å². The second-order valence-electron chi connectivity index (χ2n) is 4.30. The predicted octanol–water partition coefficient (Wildman–Crippen LogP) is 1.61. The molecule has 0 atom stereocenters. The van der Waals surface area contributed by atoms with Gasteiger partial charge in [-0.25, -0.2) is 15.0 Å². The zero-order chi connectivity index (χ0) is 14.8. The van der Waals surface area contributed by atoms with Crippen LogP contribution in [0.2, 0.25) is 0 Å². The molecule has 9 heteroatoms. The lowest BCUT2D eigenvalue weighted by molar-refractivity contribution is 0.694. The van der Waals surface area contributed by atoms with Gasteiger partial charge in [-0.15, -0.1) is 11.3 Å². The minimum Gasteiger partial charge on any atom is -0.383 e. The van der Waals surface area contributed by atoms with E-state index in [4.69, 9.17) is 11.5 Å². The van der Waals surface area contributed by atoms with Crippen molar-refractivity contribution in [2.24, 2.45) is 0 Å². The Kier molecular flexibility index (Phi) is 3.95. The molecule has 7 nitrogen and oxygen atoms in total. The normalized spacial score (nSPS) is 11.3. The summed E-state index contributed by atoms with van der Waals surface area (Å²) >= 11 is 2.97. The van der Waals surface area contributed by atoms with Crippen LogP contribution in [-0.2, 0) is 6.54 Å². The first-order valence-corrected chi connectivity index (χ1v) is 8.10. The Hall–Kier alpha value is -1.84. The van der Waals surface area contributed by atoms with Crippen LogP contribution in [0.4, 0.5) is 11.6 Å². The number of thiazole rings is 1. The largest absolute Gasteiger partial charge is 0.383 e. The minimum atomic E-state index is 0.360. The maximum atomic E-state index is 5.71. The van der Waals surface area contributed by atoms with Crippen LogP contribution in [0, 0.1) is 0 Å². The van der Waals surface area contributed by atoms with Crippen LogP contribution in [-0.4, -0.2) is 25.9 Å². The third-order valence-electron chi connectivity index (χ3n) is 2.80. The summed E-state index contributed by atoms with van der Waals surface area (Å²) in [5, 5.41) is 6.72. The number of hydrogen-bond donors (Lipinski definition) is 3. The monoisotopic (exact) mass is 321 g/mol. The van der Waals surface area contributed by atoms with Gasteiger partial charge < -0.3 is 16.8 Å². The summed E-state index contributed by atoms with van der Waals surface area (Å²) < 4.78 is 2.07. The molecule has 3 aromatic rings. The maximum absolute atomic E-state index is 5.71. The molecule has 0 bridgehead atoms. The van der Waals surface area contributed by atoms with Gasteiger partial charge in [-0.2, -0.15) is 0 Å². The average molecular weight is 321 g/mol. The highest BCUT2D eigenvalue weighted by Gasteiger charge is 2.15. The van der Waals surface area contributed by atoms with Gasteiger partial charge in [0.15, 0.2) is 10.1 Å². The van der Waals surface area contributed by atoms with Crippen molar-refractivity contribution in [3.63, 3.8) is 0 Å². The number of nitrogens with zero attached hydrogens (tertiary/aromatic N) is 4. The standard InChI is InChI=1S/C12H15N7S2/c1-2-15-6-7-10(18-12-19(7)3-4-20-12)21-11-16-8(13)5-9(14)17-11/h3-5,15H,2,6H2,1H3,(H4,13,14,16,17). The van der Waals surface area contributed by atoms with Crippen molar-refractivity contribution >= 4 is 39.7 Å². The second kappa shape index (κ2) is 5.88. The first kappa shape index (κ1) is 14.1. The van der Waals surface area contributed by atoms with E-state index in [9.17, 15) is 0 Å². The maximum Gasteiger partial charge on any atom is 0.197 e. The zero-order valence-corrected chi connectivity index (χ0v) is 13.0. The number of aromatic nitrogens is 4. The van der Waals surface area contributed by atoms with Crippen LogP contribution in [0.3, 0.4) is 0 Å². The summed E-state index contributed by atoms with van der Waals surface area (Å²) in [5.41, 5.74) is 12.5. The molecule has 0 saturated heterocycles. The van der Waals surface area contributed by atoms with E-state index in [-0.39, 0.29) is 0 Å². The Morgan fingerprint density at radius 1 is 1.29 bits per heavy atom. The number of anilines is 2. The first-order valence-electron chi connectivity index (χ1n) is 6.40. The van der Waals surface area contributed by atoms with Crippen molar-refractivity contribution in [2.75, 3.05) is 18.0 Å². The smallest absolute Gasteiger partial charge is 0.197 e. The summed E-state index contributed by atoms with van der Waals surface area (Å²) in [7, 11) is 0. The van der Waals surface area contributed by atoms with Crippen molar-refractivity contribution in [3.8, 4) is 0 Å². The van der Waals surface area contributed by atoms with Gasteiger partial charge in [0.1, 0.15) is 16.7 Å². The lowest BCUT2D eigenvalue weighted by Crippen LogP contribution is -2.13. The van der Waals surface area contributed by atoms with Crippen molar-refractivity contribution < 1.29 is 0 Å². The molecule has 0 amide bonds. The van der Waals surface area contributed by atoms with Crippen LogP contribution in [0.15, 0.2) is 27.8 Å². The van der Waals surface area contributed by atoms with Crippen LogP contribution < -0.4 is 16.8 Å². The zero-order valence-electron chi connectivity index (χ0n) is 11.4. The summed E-state index contributed by atoms with van der Waals surface area (Å²) in [6.45, 7) is 3.69. The molecule has 0 saturated carbocycles. The molecule has 0 spiro atoms. The number of nitrogens with one attached hydrogen (secondary N) is 1. The summed E-state index contributed by atoms with van der Waals surface area (Å²) in [5.74, 6) is 0.721. The summed E-state index contributed by atoms with van der Waals surface area (Å²) in [6, 6.07) is 1.54. The van der Waals surface area contributed by atoms with Gasteiger partial charge in [0.25, 0.3) is 0 Å². The molecule has 0 aliphatic heterocycles. The van der Waals surface area contributed by atoms with E-state index in [0.717, 1.165) is 28.8 Å². The number of nitrogens with two attached hydrogens (primary N) is 2. The Bertz CT molecular complexity index is 744. The highest BCUT2D eigenvalue weighted by molar-refractivity contribution is 7.99. The quantitative estimate of drug-likeness (QED) is 0.613. The molecule has 0 unspecified atom stereocenters. The molecule has 3 rings (SSSR count). The van der Waals surface area contributed by atoms with E-state index in [1.807, 2.05) is 11.6 Å². The average Bonchev–Trinajstić information content (AvgIpc) is 2.96. The molecule has 21 heavy (non-hydrogen) atoms. The van der Waals surface area contributed by atoms with Crippen LogP contribution in [0.1, 0.15) is 12.6 Å². The first-order chi connectivity index (χ1) is 10.2. The molecule has 5 N–H and O–H groups in total. The van der Waals surface area contributed by atoms with Crippen molar-refractivity contribution in [1.82, 2.24) is 24.7 Å². The lowest BCUT2D eigenvalue weighted by Gasteiger charge is -2.05. The Morgan fingerprint density at radius 2 is 2.05 bits per heavy atom. The van der Waals surface area contributed by atoms with E-state index in [0.29, 0.717) is 16.8 Å². The van der Waals surface area contributed by atoms with Crippen LogP contribution in [0.5, 0.6) is 0 Å². The molecule has 0 aliphatic carbocycles. The van der Waals surface area contributed by atoms with E-state index in [1.54, 1.807) is 11.3 Å². The number of hydrogen-bond acceptors (Lipinski definition) is 8. The Labute approximate surface area is 129 Å². The molecule has 0 fully saturated rings. The van der Waals surface area contributed by atoms with E-state index in [1.165, 1.54) is 17.8 Å². The summed E-state index contributed by atoms with van der Waals surface area (Å²) in [6.07, 6.45) is 2.01. The van der Waals surface area contributed by atoms with Gasteiger partial charge in [0.2, 0.25) is 0 Å². The van der Waals surface area contributed by atoms with Gasteiger partial charge in [-0.05, 0) is 18.3 Å². The number of nitrogen functional groups attached to an aromatic ring is 2. The Morgan fingerprint density at radius 3 is 2.76 bits per heavy atom. The fourth-order valence-electron chi connectivity index (χ4n) is 1.89. The van der Waals surface area contributed by atoms with E-state index < -0.39 is 0 Å². The third-order valence-corrected chi connectivity index (χ3v) is 4.44. The predicted molar refractivity (Wildman–Crippen MR) is 85.4 cm³/mol. The van der Waals surface area contributed by atoms with E-state index in [2.05, 4.69) is 31.6 Å². The highest BCUT2D eigenvalue weighted by Crippen LogP contribution is 2.30. The van der Waals surface area contributed by atoms with Crippen molar-refractivity contribution in [1.29, 1.82) is 0 Å².